The number of carbonyl (C=O) groups excluding carboxylic acids is 1. The number of nitrogens with zero attached hydrogens (tertiary/aromatic N) is 2. The first-order chi connectivity index (χ1) is 6.89. The van der Waals surface area contributed by atoms with Crippen LogP contribution in [0.4, 0.5) is 0 Å². The summed E-state index contributed by atoms with van der Waals surface area (Å²) in [7, 11) is 0. The van der Waals surface area contributed by atoms with Gasteiger partial charge in [-0.2, -0.15) is 5.10 Å². The van der Waals surface area contributed by atoms with Crippen LogP contribution in [0.15, 0.2) is 17.8 Å². The number of fused-ring (bicyclic) bond motifs is 1. The Balaban J connectivity index is 2.55. The Labute approximate surface area is 89.8 Å². The first-order valence-electron chi connectivity index (χ1n) is 5.18. The average Bonchev–Trinajstić information content (AvgIpc) is 2.45. The summed E-state index contributed by atoms with van der Waals surface area (Å²) in [4.78, 5) is 11.7. The second-order valence-corrected chi connectivity index (χ2v) is 5.17. The van der Waals surface area contributed by atoms with Crippen molar-refractivity contribution in [1.29, 1.82) is 0 Å². The van der Waals surface area contributed by atoms with Crippen molar-refractivity contribution >= 4 is 5.91 Å². The molecule has 2 heterocycles. The molecular formula is C12H16N2O. The molecule has 0 amide bonds. The molecule has 1 aliphatic heterocycles. The fourth-order valence-corrected chi connectivity index (χ4v) is 1.95. The maximum absolute atomic E-state index is 11.7. The highest BCUT2D eigenvalue weighted by atomic mass is 16.2. The topological polar surface area (TPSA) is 34.9 Å². The van der Waals surface area contributed by atoms with Gasteiger partial charge in [-0.15, -0.1) is 0 Å². The summed E-state index contributed by atoms with van der Waals surface area (Å²) in [6.07, 6.45) is 4.31. The maximum atomic E-state index is 11.7. The summed E-state index contributed by atoms with van der Waals surface area (Å²) in [6, 6.07) is 0. The minimum absolute atomic E-state index is 0.0238. The highest BCUT2D eigenvalue weighted by Crippen LogP contribution is 2.28. The van der Waals surface area contributed by atoms with Crippen LogP contribution >= 0.6 is 0 Å². The molecule has 1 aliphatic rings. The number of hydrogen-bond donors (Lipinski definition) is 0. The van der Waals surface area contributed by atoms with E-state index in [0.29, 0.717) is 0 Å². The van der Waals surface area contributed by atoms with E-state index >= 15 is 0 Å². The first kappa shape index (κ1) is 10.1. The van der Waals surface area contributed by atoms with Crippen molar-refractivity contribution in [1.82, 2.24) is 9.78 Å². The summed E-state index contributed by atoms with van der Waals surface area (Å²) >= 11 is 0. The molecule has 1 aromatic heterocycles. The fraction of sp³-hybridized carbons (Fsp3) is 0.500. The zero-order chi connectivity index (χ0) is 11.2. The van der Waals surface area contributed by atoms with E-state index in [2.05, 4.69) is 25.9 Å². The van der Waals surface area contributed by atoms with E-state index in [1.54, 1.807) is 6.08 Å². The van der Waals surface area contributed by atoms with E-state index in [4.69, 9.17) is 0 Å². The monoisotopic (exact) mass is 204 g/mol. The van der Waals surface area contributed by atoms with Gasteiger partial charge in [0.05, 0.1) is 11.9 Å². The molecule has 0 radical (unpaired) electrons. The van der Waals surface area contributed by atoms with Crippen molar-refractivity contribution in [2.75, 3.05) is 0 Å². The van der Waals surface area contributed by atoms with Crippen LogP contribution in [0.3, 0.4) is 0 Å². The molecule has 0 saturated heterocycles. The number of aromatic nitrogens is 2. The van der Waals surface area contributed by atoms with Crippen molar-refractivity contribution < 1.29 is 4.79 Å². The van der Waals surface area contributed by atoms with Crippen LogP contribution in [0.5, 0.6) is 0 Å². The second-order valence-electron chi connectivity index (χ2n) is 5.17. The van der Waals surface area contributed by atoms with Crippen LogP contribution in [0.2, 0.25) is 0 Å². The SMILES string of the molecule is CC1=CC(=O)n2ncc(C(C)(C)C)c2C1. The number of allylic oxidation sites excluding steroid dienone is 2. The molecule has 80 valence electrons. The predicted octanol–water partition coefficient (Wildman–Crippen LogP) is 2.32. The van der Waals surface area contributed by atoms with Gasteiger partial charge in [-0.25, -0.2) is 4.68 Å². The van der Waals surface area contributed by atoms with Crippen molar-refractivity contribution in [2.24, 2.45) is 0 Å². The normalized spacial score (nSPS) is 16.3. The third-order valence-corrected chi connectivity index (χ3v) is 2.70. The molecule has 1 aromatic rings. The highest BCUT2D eigenvalue weighted by Gasteiger charge is 2.26. The molecule has 0 unspecified atom stereocenters. The Morgan fingerprint density at radius 2 is 2.07 bits per heavy atom. The molecule has 0 atom stereocenters. The van der Waals surface area contributed by atoms with Gasteiger partial charge in [0.25, 0.3) is 5.91 Å². The molecule has 0 fully saturated rings. The van der Waals surface area contributed by atoms with Crippen LogP contribution in [0.1, 0.15) is 43.7 Å². The van der Waals surface area contributed by atoms with Gasteiger partial charge in [0, 0.05) is 12.5 Å². The van der Waals surface area contributed by atoms with Gasteiger partial charge in [-0.05, 0) is 17.9 Å². The van der Waals surface area contributed by atoms with Crippen molar-refractivity contribution in [2.45, 2.75) is 39.5 Å². The Bertz CT molecular complexity index is 447. The summed E-state index contributed by atoms with van der Waals surface area (Å²) in [5.74, 6) is -0.0238. The van der Waals surface area contributed by atoms with Crippen LogP contribution < -0.4 is 0 Å². The van der Waals surface area contributed by atoms with Crippen LogP contribution in [0, 0.1) is 0 Å². The van der Waals surface area contributed by atoms with E-state index in [0.717, 1.165) is 17.7 Å². The summed E-state index contributed by atoms with van der Waals surface area (Å²) in [5.41, 5.74) is 3.38. The van der Waals surface area contributed by atoms with Crippen LogP contribution in [-0.4, -0.2) is 15.7 Å². The van der Waals surface area contributed by atoms with Crippen LogP contribution in [-0.2, 0) is 11.8 Å². The lowest BCUT2D eigenvalue weighted by Crippen LogP contribution is -2.21. The zero-order valence-corrected chi connectivity index (χ0v) is 9.66. The van der Waals surface area contributed by atoms with Gasteiger partial charge < -0.3 is 0 Å². The van der Waals surface area contributed by atoms with Gasteiger partial charge in [0.1, 0.15) is 0 Å². The van der Waals surface area contributed by atoms with E-state index in [1.807, 2.05) is 13.1 Å². The van der Waals surface area contributed by atoms with Gasteiger partial charge in [-0.3, -0.25) is 4.79 Å². The van der Waals surface area contributed by atoms with E-state index < -0.39 is 0 Å². The quantitative estimate of drug-likeness (QED) is 0.650. The van der Waals surface area contributed by atoms with Gasteiger partial charge in [-0.1, -0.05) is 26.3 Å². The second kappa shape index (κ2) is 3.05. The molecule has 0 N–H and O–H groups in total. The van der Waals surface area contributed by atoms with Crippen molar-refractivity contribution in [3.8, 4) is 0 Å². The van der Waals surface area contributed by atoms with Gasteiger partial charge in [0.2, 0.25) is 0 Å². The standard InChI is InChI=1S/C12H16N2O/c1-8-5-10-9(12(2,3)4)7-13-14(10)11(15)6-8/h6-7H,5H2,1-4H3. The highest BCUT2D eigenvalue weighted by molar-refractivity contribution is 5.91. The molecular weight excluding hydrogens is 188 g/mol. The van der Waals surface area contributed by atoms with Crippen molar-refractivity contribution in [3.63, 3.8) is 0 Å². The number of carbonyl (C=O) groups is 1. The summed E-state index contributed by atoms with van der Waals surface area (Å²) in [6.45, 7) is 8.41. The largest absolute Gasteiger partial charge is 0.271 e. The number of hydrogen-bond acceptors (Lipinski definition) is 2. The van der Waals surface area contributed by atoms with E-state index in [9.17, 15) is 4.79 Å². The lowest BCUT2D eigenvalue weighted by atomic mass is 9.85. The summed E-state index contributed by atoms with van der Waals surface area (Å²) < 4.78 is 1.52. The molecule has 2 rings (SSSR count). The first-order valence-corrected chi connectivity index (χ1v) is 5.18. The zero-order valence-electron chi connectivity index (χ0n) is 9.66. The van der Waals surface area contributed by atoms with Gasteiger partial charge in [0.15, 0.2) is 0 Å². The van der Waals surface area contributed by atoms with Gasteiger partial charge >= 0.3 is 0 Å². The van der Waals surface area contributed by atoms with Crippen LogP contribution in [0.25, 0.3) is 0 Å². The minimum Gasteiger partial charge on any atom is -0.267 e. The molecule has 0 saturated carbocycles. The third-order valence-electron chi connectivity index (χ3n) is 2.70. The Morgan fingerprint density at radius 3 is 2.67 bits per heavy atom. The molecule has 0 aromatic carbocycles. The average molecular weight is 204 g/mol. The molecule has 0 aliphatic carbocycles. The number of rotatable bonds is 0. The predicted molar refractivity (Wildman–Crippen MR) is 59.0 cm³/mol. The molecule has 3 heteroatoms. The molecule has 0 bridgehead atoms. The third kappa shape index (κ3) is 1.62. The maximum Gasteiger partial charge on any atom is 0.271 e. The Kier molecular flexibility index (Phi) is 2.07. The Morgan fingerprint density at radius 1 is 1.40 bits per heavy atom. The minimum atomic E-state index is -0.0238. The van der Waals surface area contributed by atoms with Crippen molar-refractivity contribution in [3.05, 3.63) is 29.1 Å². The molecule has 3 nitrogen and oxygen atoms in total. The Hall–Kier alpha value is -1.38. The summed E-state index contributed by atoms with van der Waals surface area (Å²) in [5, 5.41) is 4.16. The lowest BCUT2D eigenvalue weighted by molar-refractivity contribution is 0.0946. The van der Waals surface area contributed by atoms with E-state index in [-0.39, 0.29) is 11.3 Å². The van der Waals surface area contributed by atoms with E-state index in [1.165, 1.54) is 10.2 Å². The fourth-order valence-electron chi connectivity index (χ4n) is 1.95. The molecule has 15 heavy (non-hydrogen) atoms. The smallest absolute Gasteiger partial charge is 0.267 e. The lowest BCUT2D eigenvalue weighted by Gasteiger charge is -2.21. The molecule has 0 spiro atoms.